The van der Waals surface area contributed by atoms with Crippen LogP contribution in [0.2, 0.25) is 5.02 Å². The lowest BCUT2D eigenvalue weighted by Crippen LogP contribution is -2.21. The van der Waals surface area contributed by atoms with Crippen LogP contribution in [0, 0.1) is 10.1 Å². The Balaban J connectivity index is 1.92. The summed E-state index contributed by atoms with van der Waals surface area (Å²) >= 11 is 5.77. The second kappa shape index (κ2) is 9.42. The van der Waals surface area contributed by atoms with Gasteiger partial charge in [0.05, 0.1) is 11.3 Å². The third-order valence-corrected chi connectivity index (χ3v) is 3.93. The number of nitrogens with zero attached hydrogens (tertiary/aromatic N) is 2. The summed E-state index contributed by atoms with van der Waals surface area (Å²) in [5, 5.41) is 17.0. The number of hydrazone groups is 1. The van der Waals surface area contributed by atoms with Crippen molar-refractivity contribution in [2.75, 3.05) is 5.32 Å². The number of hydrogen-bond acceptors (Lipinski definition) is 6. The molecule has 0 atom stereocenters. The Morgan fingerprint density at radius 3 is 2.31 bits per heavy atom. The zero-order chi connectivity index (χ0) is 21.6. The topological polar surface area (TPSA) is 157 Å². The van der Waals surface area contributed by atoms with E-state index in [0.717, 1.165) is 12.1 Å². The fraction of sp³-hybridized carbons (Fsp3) is 0.111. The number of halogens is 1. The number of hydrogen-bond donors (Lipinski definition) is 3. The van der Waals surface area contributed by atoms with Gasteiger partial charge in [0.15, 0.2) is 0 Å². The molecule has 0 unspecified atom stereocenters. The number of nitrogens with one attached hydrogen (secondary N) is 2. The van der Waals surface area contributed by atoms with E-state index in [1.54, 1.807) is 6.92 Å². The number of nitro benzene ring substituents is 1. The maximum atomic E-state index is 12.1. The molecule has 0 fully saturated rings. The zero-order valence-electron chi connectivity index (χ0n) is 15.1. The van der Waals surface area contributed by atoms with Gasteiger partial charge in [0.1, 0.15) is 5.02 Å². The Bertz CT molecular complexity index is 1000. The molecule has 0 aliphatic rings. The predicted octanol–water partition coefficient (Wildman–Crippen LogP) is 2.48. The van der Waals surface area contributed by atoms with Crippen LogP contribution in [0.15, 0.2) is 47.6 Å². The standard InChI is InChI=1S/C18H16ClN5O5/c1-10(8-16(25)21-13-5-2-11(3-6-13)17(20)26)22-23-18(27)12-4-7-15(24(28)29)14(19)9-12/h2-7,9H,8H2,1H3,(H2,20,26)(H,21,25)(H,23,27). The molecule has 2 rings (SSSR count). The smallest absolute Gasteiger partial charge is 0.287 e. The fourth-order valence-corrected chi connectivity index (χ4v) is 2.45. The molecule has 2 aromatic rings. The van der Waals surface area contributed by atoms with E-state index in [-0.39, 0.29) is 28.6 Å². The Labute approximate surface area is 169 Å². The summed E-state index contributed by atoms with van der Waals surface area (Å²) in [5.41, 5.74) is 8.26. The summed E-state index contributed by atoms with van der Waals surface area (Å²) in [6.07, 6.45) is -0.0983. The number of amides is 3. The lowest BCUT2D eigenvalue weighted by Gasteiger charge is -2.06. The van der Waals surface area contributed by atoms with Crippen LogP contribution in [0.3, 0.4) is 0 Å². The van der Waals surface area contributed by atoms with E-state index in [4.69, 9.17) is 17.3 Å². The molecule has 3 amide bonds. The molecular formula is C18H16ClN5O5. The third kappa shape index (κ3) is 6.11. The van der Waals surface area contributed by atoms with Crippen LogP contribution in [-0.4, -0.2) is 28.4 Å². The maximum absolute atomic E-state index is 12.1. The van der Waals surface area contributed by atoms with E-state index in [0.29, 0.717) is 17.0 Å². The lowest BCUT2D eigenvalue weighted by atomic mass is 10.2. The molecule has 0 radical (unpaired) electrons. The number of nitrogens with two attached hydrogens (primary N) is 1. The van der Waals surface area contributed by atoms with Gasteiger partial charge in [-0.15, -0.1) is 0 Å². The van der Waals surface area contributed by atoms with E-state index in [1.807, 2.05) is 0 Å². The minimum atomic E-state index is -0.660. The van der Waals surface area contributed by atoms with Crippen LogP contribution >= 0.6 is 11.6 Å². The van der Waals surface area contributed by atoms with Crippen molar-refractivity contribution in [1.82, 2.24) is 5.43 Å². The van der Waals surface area contributed by atoms with Crippen LogP contribution < -0.4 is 16.5 Å². The van der Waals surface area contributed by atoms with Gasteiger partial charge >= 0.3 is 0 Å². The molecule has 11 heteroatoms. The van der Waals surface area contributed by atoms with E-state index < -0.39 is 16.7 Å². The molecule has 0 heterocycles. The van der Waals surface area contributed by atoms with Crippen molar-refractivity contribution in [3.8, 4) is 0 Å². The normalized spacial score (nSPS) is 10.9. The first-order valence-corrected chi connectivity index (χ1v) is 8.52. The number of nitro groups is 1. The van der Waals surface area contributed by atoms with Crippen LogP contribution in [0.5, 0.6) is 0 Å². The van der Waals surface area contributed by atoms with Crippen molar-refractivity contribution in [1.29, 1.82) is 0 Å². The summed E-state index contributed by atoms with van der Waals surface area (Å²) in [5.74, 6) is -1.59. The second-order valence-electron chi connectivity index (χ2n) is 5.88. The first-order chi connectivity index (χ1) is 13.7. The number of anilines is 1. The van der Waals surface area contributed by atoms with Crippen molar-refractivity contribution >= 4 is 46.4 Å². The Morgan fingerprint density at radius 2 is 1.76 bits per heavy atom. The van der Waals surface area contributed by atoms with Gasteiger partial charge in [-0.2, -0.15) is 5.10 Å². The highest BCUT2D eigenvalue weighted by atomic mass is 35.5. The molecule has 29 heavy (non-hydrogen) atoms. The SMILES string of the molecule is CC(CC(=O)Nc1ccc(C(N)=O)cc1)=NNC(=O)c1ccc([N+](=O)[O-])c(Cl)c1. The molecule has 0 saturated heterocycles. The van der Waals surface area contributed by atoms with Crippen molar-refractivity contribution in [2.45, 2.75) is 13.3 Å². The first-order valence-electron chi connectivity index (χ1n) is 8.14. The summed E-state index contributed by atoms with van der Waals surface area (Å²) in [7, 11) is 0. The van der Waals surface area contributed by atoms with Gasteiger partial charge < -0.3 is 11.1 Å². The highest BCUT2D eigenvalue weighted by Gasteiger charge is 2.15. The van der Waals surface area contributed by atoms with Crippen molar-refractivity contribution < 1.29 is 19.3 Å². The average Bonchev–Trinajstić information content (AvgIpc) is 2.66. The molecule has 0 aliphatic carbocycles. The number of rotatable bonds is 7. The number of primary amides is 1. The van der Waals surface area contributed by atoms with Gasteiger partial charge in [-0.1, -0.05) is 11.6 Å². The lowest BCUT2D eigenvalue weighted by molar-refractivity contribution is -0.384. The minimum Gasteiger partial charge on any atom is -0.366 e. The highest BCUT2D eigenvalue weighted by Crippen LogP contribution is 2.24. The van der Waals surface area contributed by atoms with Gasteiger partial charge in [0.2, 0.25) is 11.8 Å². The predicted molar refractivity (Wildman–Crippen MR) is 107 cm³/mol. The summed E-state index contributed by atoms with van der Waals surface area (Å²) in [6.45, 7) is 1.54. The van der Waals surface area contributed by atoms with Crippen molar-refractivity contribution in [3.05, 3.63) is 68.7 Å². The number of carbonyl (C=O) groups is 3. The van der Waals surface area contributed by atoms with E-state index >= 15 is 0 Å². The van der Waals surface area contributed by atoms with Crippen LogP contribution in [0.1, 0.15) is 34.1 Å². The number of carbonyl (C=O) groups excluding carboxylic acids is 3. The minimum absolute atomic E-state index is 0.0798. The molecule has 0 saturated carbocycles. The maximum Gasteiger partial charge on any atom is 0.287 e. The van der Waals surface area contributed by atoms with E-state index in [1.165, 1.54) is 30.3 Å². The number of benzene rings is 2. The monoisotopic (exact) mass is 417 g/mol. The second-order valence-corrected chi connectivity index (χ2v) is 6.29. The summed E-state index contributed by atoms with van der Waals surface area (Å²) in [6, 6.07) is 9.54. The quantitative estimate of drug-likeness (QED) is 0.358. The molecule has 0 bridgehead atoms. The third-order valence-electron chi connectivity index (χ3n) is 3.62. The van der Waals surface area contributed by atoms with Crippen molar-refractivity contribution in [2.24, 2.45) is 10.8 Å². The summed E-state index contributed by atoms with van der Waals surface area (Å²) in [4.78, 5) is 45.2. The first kappa shape index (κ1) is 21.5. The van der Waals surface area contributed by atoms with Gasteiger partial charge in [-0.25, -0.2) is 5.43 Å². The molecule has 0 aliphatic heterocycles. The van der Waals surface area contributed by atoms with Gasteiger partial charge in [-0.3, -0.25) is 24.5 Å². The Kier molecular flexibility index (Phi) is 6.99. The fourth-order valence-electron chi connectivity index (χ4n) is 2.20. The molecule has 10 nitrogen and oxygen atoms in total. The van der Waals surface area contributed by atoms with Gasteiger partial charge in [0.25, 0.3) is 11.6 Å². The largest absolute Gasteiger partial charge is 0.366 e. The van der Waals surface area contributed by atoms with Crippen LogP contribution in [-0.2, 0) is 4.79 Å². The Hall–Kier alpha value is -3.79. The molecule has 0 spiro atoms. The van der Waals surface area contributed by atoms with Crippen LogP contribution in [0.4, 0.5) is 11.4 Å². The van der Waals surface area contributed by atoms with Crippen LogP contribution in [0.25, 0.3) is 0 Å². The van der Waals surface area contributed by atoms with E-state index in [2.05, 4.69) is 15.8 Å². The molecular weight excluding hydrogens is 402 g/mol. The molecule has 0 aromatic heterocycles. The van der Waals surface area contributed by atoms with Crippen molar-refractivity contribution in [3.63, 3.8) is 0 Å². The molecule has 150 valence electrons. The zero-order valence-corrected chi connectivity index (χ0v) is 15.9. The Morgan fingerprint density at radius 1 is 1.14 bits per heavy atom. The van der Waals surface area contributed by atoms with Gasteiger partial charge in [0, 0.05) is 28.6 Å². The average molecular weight is 418 g/mol. The molecule has 4 N–H and O–H groups in total. The molecule has 2 aromatic carbocycles. The highest BCUT2D eigenvalue weighted by molar-refractivity contribution is 6.33. The van der Waals surface area contributed by atoms with Gasteiger partial charge in [-0.05, 0) is 43.3 Å². The summed E-state index contributed by atoms with van der Waals surface area (Å²) < 4.78 is 0. The van der Waals surface area contributed by atoms with E-state index in [9.17, 15) is 24.5 Å².